The topological polar surface area (TPSA) is 76.0 Å². The molecule has 0 aliphatic carbocycles. The van der Waals surface area contributed by atoms with Crippen molar-refractivity contribution < 1.29 is 22.7 Å². The summed E-state index contributed by atoms with van der Waals surface area (Å²) in [5, 5.41) is 8.51. The zero-order valence-corrected chi connectivity index (χ0v) is 20.1. The number of rotatable bonds is 6. The van der Waals surface area contributed by atoms with Crippen LogP contribution >= 0.6 is 0 Å². The third-order valence-corrected chi connectivity index (χ3v) is 7.76. The first-order chi connectivity index (χ1) is 14.8. The van der Waals surface area contributed by atoms with Crippen LogP contribution in [0.25, 0.3) is 0 Å². The van der Waals surface area contributed by atoms with Gasteiger partial charge in [-0.25, -0.2) is 12.8 Å². The smallest absolute Gasteiger partial charge is 0.267 e. The molecule has 1 aliphatic heterocycles. The highest BCUT2D eigenvalue weighted by Crippen LogP contribution is 2.42. The molecule has 32 heavy (non-hydrogen) atoms. The molecule has 1 heterocycles. The average Bonchev–Trinajstić information content (AvgIpc) is 2.66. The summed E-state index contributed by atoms with van der Waals surface area (Å²) in [5.41, 5.74) is 1.01. The Morgan fingerprint density at radius 3 is 2.28 bits per heavy atom. The third kappa shape index (κ3) is 5.21. The zero-order chi connectivity index (χ0) is 23.7. The molecule has 0 amide bonds. The van der Waals surface area contributed by atoms with Crippen molar-refractivity contribution in [3.05, 3.63) is 71.0 Å². The van der Waals surface area contributed by atoms with E-state index in [1.54, 1.807) is 32.0 Å². The summed E-state index contributed by atoms with van der Waals surface area (Å²) in [5.74, 6) is -0.811. The van der Waals surface area contributed by atoms with E-state index >= 15 is 0 Å². The molecule has 5 nitrogen and oxygen atoms in total. The van der Waals surface area contributed by atoms with Crippen molar-refractivity contribution >= 4 is 15.9 Å². The van der Waals surface area contributed by atoms with Crippen LogP contribution in [0, 0.1) is 5.82 Å². The van der Waals surface area contributed by atoms with Crippen LogP contribution in [0.2, 0.25) is 0 Å². The van der Waals surface area contributed by atoms with Gasteiger partial charge in [0, 0.05) is 13.0 Å². The monoisotopic (exact) mass is 461 g/mol. The first kappa shape index (κ1) is 24.4. The second-order valence-corrected chi connectivity index (χ2v) is 11.6. The van der Waals surface area contributed by atoms with Crippen LogP contribution < -0.4 is 0 Å². The Labute approximate surface area is 190 Å². The zero-order valence-electron chi connectivity index (χ0n) is 19.3. The summed E-state index contributed by atoms with van der Waals surface area (Å²) in [6.45, 7) is 9.59. The SMILES string of the molecule is CC(C)(C)c1ccc(C2C(C)(C)OC(C[C@@H](CCO)c3ccccc3F)=NS2(=O)=O)cc1. The number of hydrogen-bond acceptors (Lipinski definition) is 4. The van der Waals surface area contributed by atoms with Gasteiger partial charge in [-0.1, -0.05) is 63.2 Å². The van der Waals surface area contributed by atoms with E-state index in [9.17, 15) is 17.9 Å². The highest BCUT2D eigenvalue weighted by molar-refractivity contribution is 7.90. The minimum Gasteiger partial charge on any atom is -0.472 e. The van der Waals surface area contributed by atoms with Crippen LogP contribution in [0.3, 0.4) is 0 Å². The molecule has 2 aromatic carbocycles. The molecule has 0 aromatic heterocycles. The fourth-order valence-corrected chi connectivity index (χ4v) is 6.05. The summed E-state index contributed by atoms with van der Waals surface area (Å²) in [6.07, 6.45) is 0.349. The van der Waals surface area contributed by atoms with E-state index in [4.69, 9.17) is 4.74 Å². The highest BCUT2D eigenvalue weighted by Gasteiger charge is 2.47. The molecule has 0 bridgehead atoms. The number of sulfonamides is 1. The molecule has 174 valence electrons. The van der Waals surface area contributed by atoms with Crippen molar-refractivity contribution in [3.8, 4) is 0 Å². The molecule has 7 heteroatoms. The van der Waals surface area contributed by atoms with E-state index in [1.165, 1.54) is 6.07 Å². The third-order valence-electron chi connectivity index (χ3n) is 5.86. The van der Waals surface area contributed by atoms with Crippen LogP contribution in [0.15, 0.2) is 52.9 Å². The van der Waals surface area contributed by atoms with Gasteiger partial charge < -0.3 is 9.84 Å². The van der Waals surface area contributed by atoms with E-state index in [2.05, 4.69) is 25.2 Å². The van der Waals surface area contributed by atoms with Gasteiger partial charge >= 0.3 is 0 Å². The standard InChI is InChI=1S/C25H32FNO4S/c1-24(2,3)19-12-10-17(11-13-19)23-25(4,5)31-22(27-32(23,29)30)16-18(14-15-28)20-8-6-7-9-21(20)26/h6-13,18,23,28H,14-16H2,1-5H3/t18-,23?/m1/s1. The number of halogens is 1. The molecule has 2 aromatic rings. The molecule has 0 radical (unpaired) electrons. The van der Waals surface area contributed by atoms with Crippen molar-refractivity contribution in [1.29, 1.82) is 0 Å². The quantitative estimate of drug-likeness (QED) is 0.637. The fourth-order valence-electron chi connectivity index (χ4n) is 4.28. The van der Waals surface area contributed by atoms with Crippen molar-refractivity contribution in [3.63, 3.8) is 0 Å². The van der Waals surface area contributed by atoms with E-state index in [0.717, 1.165) is 5.56 Å². The van der Waals surface area contributed by atoms with Gasteiger partial charge in [-0.15, -0.1) is 4.40 Å². The number of benzene rings is 2. The van der Waals surface area contributed by atoms with Crippen molar-refractivity contribution in [2.24, 2.45) is 4.40 Å². The first-order valence-electron chi connectivity index (χ1n) is 10.8. The van der Waals surface area contributed by atoms with Crippen molar-refractivity contribution in [1.82, 2.24) is 0 Å². The molecular formula is C25H32FNO4S. The number of nitrogens with zero attached hydrogens (tertiary/aromatic N) is 1. The Balaban J connectivity index is 1.94. The Kier molecular flexibility index (Phi) is 6.82. The average molecular weight is 462 g/mol. The normalized spacial score (nSPS) is 20.8. The minimum atomic E-state index is -3.93. The molecule has 2 atom stereocenters. The van der Waals surface area contributed by atoms with E-state index in [1.807, 2.05) is 24.3 Å². The number of hydrogen-bond donors (Lipinski definition) is 1. The van der Waals surface area contributed by atoms with E-state index in [0.29, 0.717) is 11.1 Å². The lowest BCUT2D eigenvalue weighted by molar-refractivity contribution is 0.0797. The minimum absolute atomic E-state index is 0.0410. The maximum absolute atomic E-state index is 14.3. The predicted octanol–water partition coefficient (Wildman–Crippen LogP) is 5.26. The second-order valence-electron chi connectivity index (χ2n) is 9.89. The van der Waals surface area contributed by atoms with Crippen molar-refractivity contribution in [2.45, 2.75) is 69.6 Å². The number of aliphatic hydroxyl groups excluding tert-OH is 1. The molecule has 3 rings (SSSR count). The molecule has 1 aliphatic rings. The molecule has 0 saturated carbocycles. The maximum atomic E-state index is 14.3. The van der Waals surface area contributed by atoms with Gasteiger partial charge in [0.05, 0.1) is 0 Å². The van der Waals surface area contributed by atoms with Gasteiger partial charge in [-0.2, -0.15) is 0 Å². The predicted molar refractivity (Wildman–Crippen MR) is 125 cm³/mol. The maximum Gasteiger partial charge on any atom is 0.267 e. The van der Waals surface area contributed by atoms with Gasteiger partial charge in [0.25, 0.3) is 10.0 Å². The summed E-state index contributed by atoms with van der Waals surface area (Å²) in [7, 11) is -3.93. The molecule has 0 fully saturated rings. The highest BCUT2D eigenvalue weighted by atomic mass is 32.2. The van der Waals surface area contributed by atoms with Crippen LogP contribution in [-0.4, -0.2) is 31.6 Å². The summed E-state index contributed by atoms with van der Waals surface area (Å²) < 4.78 is 50.9. The largest absolute Gasteiger partial charge is 0.472 e. The second kappa shape index (κ2) is 8.94. The molecule has 0 spiro atoms. The van der Waals surface area contributed by atoms with Crippen molar-refractivity contribution in [2.75, 3.05) is 6.61 Å². The summed E-state index contributed by atoms with van der Waals surface area (Å²) >= 11 is 0. The lowest BCUT2D eigenvalue weighted by Crippen LogP contribution is -2.43. The first-order valence-corrected chi connectivity index (χ1v) is 12.3. The number of ether oxygens (including phenoxy) is 1. The Morgan fingerprint density at radius 2 is 1.75 bits per heavy atom. The van der Waals surface area contributed by atoms with Crippen LogP contribution in [0.5, 0.6) is 0 Å². The Hall–Kier alpha value is -2.25. The van der Waals surface area contributed by atoms with Crippen LogP contribution in [0.1, 0.15) is 75.3 Å². The van der Waals surface area contributed by atoms with Crippen LogP contribution in [-0.2, 0) is 20.2 Å². The van der Waals surface area contributed by atoms with Gasteiger partial charge in [-0.3, -0.25) is 0 Å². The van der Waals surface area contributed by atoms with Gasteiger partial charge in [0.1, 0.15) is 16.7 Å². The molecule has 1 unspecified atom stereocenters. The van der Waals surface area contributed by atoms with E-state index in [-0.39, 0.29) is 30.8 Å². The van der Waals surface area contributed by atoms with Gasteiger partial charge in [0.2, 0.25) is 5.90 Å². The summed E-state index contributed by atoms with van der Waals surface area (Å²) in [4.78, 5) is 0. The fraction of sp³-hybridized carbons (Fsp3) is 0.480. The van der Waals surface area contributed by atoms with Gasteiger partial charge in [-0.05, 0) is 54.4 Å². The van der Waals surface area contributed by atoms with E-state index < -0.39 is 32.6 Å². The lowest BCUT2D eigenvalue weighted by Gasteiger charge is -2.38. The van der Waals surface area contributed by atoms with Gasteiger partial charge in [0.15, 0.2) is 0 Å². The molecular weight excluding hydrogens is 429 g/mol. The number of aliphatic hydroxyl groups is 1. The summed E-state index contributed by atoms with van der Waals surface area (Å²) in [6, 6.07) is 13.8. The lowest BCUT2D eigenvalue weighted by atomic mass is 9.85. The Morgan fingerprint density at radius 1 is 1.12 bits per heavy atom. The Bertz CT molecular complexity index is 1090. The molecule has 0 saturated heterocycles. The van der Waals surface area contributed by atoms with Crippen LogP contribution in [0.4, 0.5) is 4.39 Å². The molecule has 1 N–H and O–H groups in total.